The second-order valence-electron chi connectivity index (χ2n) is 7.06. The third-order valence-corrected chi connectivity index (χ3v) is 4.93. The monoisotopic (exact) mass is 374 g/mol. The van der Waals surface area contributed by atoms with Gasteiger partial charge in [0.25, 0.3) is 5.56 Å². The highest BCUT2D eigenvalue weighted by atomic mass is 16.2. The number of carbonyl (C=O) groups is 1. The summed E-state index contributed by atoms with van der Waals surface area (Å²) in [7, 11) is 0. The zero-order valence-electron chi connectivity index (χ0n) is 15.7. The fraction of sp³-hybridized carbons (Fsp3) is 0.227. The number of nitrogens with zero attached hydrogens (tertiary/aromatic N) is 2. The van der Waals surface area contributed by atoms with Crippen LogP contribution in [0.25, 0.3) is 21.8 Å². The molecule has 0 fully saturated rings. The van der Waals surface area contributed by atoms with E-state index < -0.39 is 0 Å². The van der Waals surface area contributed by atoms with Crippen molar-refractivity contribution in [3.8, 4) is 0 Å². The molecule has 2 aromatic carbocycles. The Morgan fingerprint density at radius 2 is 1.86 bits per heavy atom. The molecule has 1 amide bonds. The van der Waals surface area contributed by atoms with Crippen molar-refractivity contribution in [2.45, 2.75) is 32.4 Å². The maximum Gasteiger partial charge on any atom is 0.291 e. The number of rotatable bonds is 6. The number of aromatic amines is 1. The van der Waals surface area contributed by atoms with Crippen LogP contribution in [0.3, 0.4) is 0 Å². The van der Waals surface area contributed by atoms with E-state index in [-0.39, 0.29) is 24.1 Å². The quantitative estimate of drug-likeness (QED) is 0.544. The third-order valence-electron chi connectivity index (χ3n) is 4.93. The Hall–Kier alpha value is -3.41. The molecule has 2 heterocycles. The molecular formula is C22H22N4O2. The van der Waals surface area contributed by atoms with Crippen LogP contribution in [0.2, 0.25) is 0 Å². The number of aryl methyl sites for hydroxylation is 1. The SMILES string of the molecule is CC(CCc1ccccc1)NC(=O)Cn1ncc2c([nH]c3ccccc32)c1=O. The first-order valence-corrected chi connectivity index (χ1v) is 9.41. The molecule has 0 saturated carbocycles. The highest BCUT2D eigenvalue weighted by molar-refractivity contribution is 6.06. The Morgan fingerprint density at radius 1 is 1.11 bits per heavy atom. The van der Waals surface area contributed by atoms with Crippen LogP contribution < -0.4 is 10.9 Å². The van der Waals surface area contributed by atoms with E-state index in [1.54, 1.807) is 6.20 Å². The number of hydrogen-bond donors (Lipinski definition) is 2. The maximum atomic E-state index is 12.7. The van der Waals surface area contributed by atoms with Crippen LogP contribution in [-0.4, -0.2) is 26.7 Å². The summed E-state index contributed by atoms with van der Waals surface area (Å²) in [6, 6.07) is 17.9. The summed E-state index contributed by atoms with van der Waals surface area (Å²) in [6.07, 6.45) is 3.36. The lowest BCUT2D eigenvalue weighted by molar-refractivity contribution is -0.122. The molecule has 0 aliphatic carbocycles. The van der Waals surface area contributed by atoms with E-state index >= 15 is 0 Å². The summed E-state index contributed by atoms with van der Waals surface area (Å²) < 4.78 is 1.21. The van der Waals surface area contributed by atoms with Gasteiger partial charge in [-0.1, -0.05) is 48.5 Å². The smallest absolute Gasteiger partial charge is 0.291 e. The van der Waals surface area contributed by atoms with Gasteiger partial charge in [0.15, 0.2) is 0 Å². The number of amides is 1. The first-order chi connectivity index (χ1) is 13.6. The van der Waals surface area contributed by atoms with Gasteiger partial charge in [-0.3, -0.25) is 9.59 Å². The summed E-state index contributed by atoms with van der Waals surface area (Å²) in [5.74, 6) is -0.217. The molecule has 0 bridgehead atoms. The van der Waals surface area contributed by atoms with Crippen molar-refractivity contribution < 1.29 is 4.79 Å². The number of para-hydroxylation sites is 1. The van der Waals surface area contributed by atoms with Crippen LogP contribution in [0, 0.1) is 0 Å². The zero-order chi connectivity index (χ0) is 19.5. The Kier molecular flexibility index (Phi) is 4.93. The number of benzene rings is 2. The van der Waals surface area contributed by atoms with Crippen LogP contribution in [0.4, 0.5) is 0 Å². The second-order valence-corrected chi connectivity index (χ2v) is 7.06. The predicted molar refractivity (Wildman–Crippen MR) is 110 cm³/mol. The fourth-order valence-electron chi connectivity index (χ4n) is 3.44. The van der Waals surface area contributed by atoms with Gasteiger partial charge in [-0.2, -0.15) is 5.10 Å². The molecule has 142 valence electrons. The molecule has 1 atom stereocenters. The first kappa shape index (κ1) is 18.0. The van der Waals surface area contributed by atoms with Crippen LogP contribution >= 0.6 is 0 Å². The van der Waals surface area contributed by atoms with Crippen LogP contribution in [0.5, 0.6) is 0 Å². The van der Waals surface area contributed by atoms with Crippen molar-refractivity contribution in [2.75, 3.05) is 0 Å². The Bertz CT molecular complexity index is 1180. The van der Waals surface area contributed by atoms with Gasteiger partial charge in [-0.05, 0) is 31.4 Å². The van der Waals surface area contributed by atoms with E-state index in [1.165, 1.54) is 10.2 Å². The number of hydrogen-bond acceptors (Lipinski definition) is 3. The average Bonchev–Trinajstić information content (AvgIpc) is 3.09. The molecule has 0 radical (unpaired) electrons. The summed E-state index contributed by atoms with van der Waals surface area (Å²) in [4.78, 5) is 28.2. The fourth-order valence-corrected chi connectivity index (χ4v) is 3.44. The van der Waals surface area contributed by atoms with Crippen molar-refractivity contribution in [3.05, 3.63) is 76.7 Å². The van der Waals surface area contributed by atoms with Crippen molar-refractivity contribution in [1.29, 1.82) is 0 Å². The predicted octanol–water partition coefficient (Wildman–Crippen LogP) is 3.02. The van der Waals surface area contributed by atoms with E-state index in [1.807, 2.05) is 49.4 Å². The molecule has 0 aliphatic rings. The van der Waals surface area contributed by atoms with Crippen LogP contribution in [0.15, 0.2) is 65.6 Å². The largest absolute Gasteiger partial charge is 0.352 e. The van der Waals surface area contributed by atoms with Crippen molar-refractivity contribution >= 4 is 27.7 Å². The molecule has 4 rings (SSSR count). The lowest BCUT2D eigenvalue weighted by atomic mass is 10.1. The second kappa shape index (κ2) is 7.68. The standard InChI is InChI=1S/C22H22N4O2/c1-15(11-12-16-7-3-2-4-8-16)24-20(27)14-26-22(28)21-18(13-23-26)17-9-5-6-10-19(17)25-21/h2-10,13,15,25H,11-12,14H2,1H3,(H,24,27). The molecule has 6 nitrogen and oxygen atoms in total. The molecule has 0 saturated heterocycles. The summed E-state index contributed by atoms with van der Waals surface area (Å²) in [6.45, 7) is 1.87. The van der Waals surface area contributed by atoms with Gasteiger partial charge in [0.2, 0.25) is 5.91 Å². The molecule has 2 N–H and O–H groups in total. The molecule has 6 heteroatoms. The molecule has 0 spiro atoms. The number of H-pyrrole nitrogens is 1. The average molecular weight is 374 g/mol. The minimum atomic E-state index is -0.291. The minimum Gasteiger partial charge on any atom is -0.352 e. The number of fused-ring (bicyclic) bond motifs is 3. The normalized spacial score (nSPS) is 12.3. The molecular weight excluding hydrogens is 352 g/mol. The third kappa shape index (κ3) is 3.67. The van der Waals surface area contributed by atoms with Gasteiger partial charge in [-0.25, -0.2) is 4.68 Å². The van der Waals surface area contributed by atoms with Crippen molar-refractivity contribution in [3.63, 3.8) is 0 Å². The van der Waals surface area contributed by atoms with E-state index in [4.69, 9.17) is 0 Å². The molecule has 2 aromatic heterocycles. The summed E-state index contributed by atoms with van der Waals surface area (Å²) in [5.41, 5.74) is 2.31. The summed E-state index contributed by atoms with van der Waals surface area (Å²) >= 11 is 0. The highest BCUT2D eigenvalue weighted by Crippen LogP contribution is 2.21. The number of aromatic nitrogens is 3. The van der Waals surface area contributed by atoms with Gasteiger partial charge in [0.1, 0.15) is 12.1 Å². The Labute approximate surface area is 162 Å². The molecule has 28 heavy (non-hydrogen) atoms. The van der Waals surface area contributed by atoms with E-state index in [0.717, 1.165) is 29.1 Å². The van der Waals surface area contributed by atoms with E-state index in [9.17, 15) is 9.59 Å². The minimum absolute atomic E-state index is 0.0141. The van der Waals surface area contributed by atoms with Crippen LogP contribution in [-0.2, 0) is 17.8 Å². The van der Waals surface area contributed by atoms with Crippen molar-refractivity contribution in [1.82, 2.24) is 20.1 Å². The maximum absolute atomic E-state index is 12.7. The molecule has 4 aromatic rings. The Morgan fingerprint density at radius 3 is 2.68 bits per heavy atom. The Balaban J connectivity index is 1.44. The first-order valence-electron chi connectivity index (χ1n) is 9.41. The van der Waals surface area contributed by atoms with Gasteiger partial charge in [-0.15, -0.1) is 0 Å². The van der Waals surface area contributed by atoms with Crippen LogP contribution in [0.1, 0.15) is 18.9 Å². The summed E-state index contributed by atoms with van der Waals surface area (Å²) in [5, 5.41) is 8.87. The molecule has 0 aliphatic heterocycles. The highest BCUT2D eigenvalue weighted by Gasteiger charge is 2.13. The zero-order valence-corrected chi connectivity index (χ0v) is 15.7. The number of carbonyl (C=O) groups excluding carboxylic acids is 1. The van der Waals surface area contributed by atoms with Crippen molar-refractivity contribution in [2.24, 2.45) is 0 Å². The topological polar surface area (TPSA) is 79.8 Å². The van der Waals surface area contributed by atoms with E-state index in [0.29, 0.717) is 5.52 Å². The van der Waals surface area contributed by atoms with E-state index in [2.05, 4.69) is 27.5 Å². The van der Waals surface area contributed by atoms with Gasteiger partial charge >= 0.3 is 0 Å². The lowest BCUT2D eigenvalue weighted by Crippen LogP contribution is -2.38. The van der Waals surface area contributed by atoms with Gasteiger partial charge in [0, 0.05) is 22.3 Å². The number of nitrogens with one attached hydrogen (secondary N) is 2. The van der Waals surface area contributed by atoms with Gasteiger partial charge in [0.05, 0.1) is 6.20 Å². The molecule has 1 unspecified atom stereocenters. The van der Waals surface area contributed by atoms with Gasteiger partial charge < -0.3 is 10.3 Å². The lowest BCUT2D eigenvalue weighted by Gasteiger charge is -2.14.